The molecular weight excluding hydrogens is 318 g/mol. The van der Waals surface area contributed by atoms with Gasteiger partial charge in [-0.25, -0.2) is 0 Å². The number of phenols is 2. The van der Waals surface area contributed by atoms with Gasteiger partial charge in [-0.05, 0) is 18.2 Å². The highest BCUT2D eigenvalue weighted by atomic mass is 16.3. The van der Waals surface area contributed by atoms with Gasteiger partial charge in [0, 0.05) is 22.4 Å². The highest BCUT2D eigenvalue weighted by molar-refractivity contribution is 6.30. The molecule has 1 aliphatic rings. The molecule has 0 saturated heterocycles. The Morgan fingerprint density at radius 3 is 2.00 bits per heavy atom. The zero-order chi connectivity index (χ0) is 17.6. The van der Waals surface area contributed by atoms with Gasteiger partial charge < -0.3 is 15.5 Å². The van der Waals surface area contributed by atoms with Crippen molar-refractivity contribution in [2.24, 2.45) is 0 Å². The summed E-state index contributed by atoms with van der Waals surface area (Å²) in [5, 5.41) is 23.3. The van der Waals surface area contributed by atoms with E-state index in [-0.39, 0.29) is 39.5 Å². The van der Waals surface area contributed by atoms with Crippen molar-refractivity contribution in [2.45, 2.75) is 0 Å². The number of hydrogen-bond donors (Lipinski definition) is 3. The molecule has 0 fully saturated rings. The number of ketones is 2. The van der Waals surface area contributed by atoms with Crippen molar-refractivity contribution in [3.8, 4) is 11.5 Å². The predicted octanol–water partition coefficient (Wildman–Crippen LogP) is 3.62. The molecule has 0 unspecified atom stereocenters. The maximum atomic E-state index is 12.9. The van der Waals surface area contributed by atoms with E-state index < -0.39 is 11.5 Å². The molecule has 3 N–H and O–H groups in total. The quantitative estimate of drug-likeness (QED) is 0.488. The van der Waals surface area contributed by atoms with E-state index in [0.29, 0.717) is 5.69 Å². The van der Waals surface area contributed by atoms with Crippen LogP contribution in [0.15, 0.2) is 60.7 Å². The van der Waals surface area contributed by atoms with Gasteiger partial charge >= 0.3 is 0 Å². The molecule has 0 spiro atoms. The Bertz CT molecular complexity index is 1030. The molecule has 122 valence electrons. The van der Waals surface area contributed by atoms with Gasteiger partial charge in [0.2, 0.25) is 0 Å². The molecular formula is C20H13NO4. The fourth-order valence-electron chi connectivity index (χ4n) is 3.02. The van der Waals surface area contributed by atoms with Crippen LogP contribution in [0.5, 0.6) is 11.5 Å². The summed E-state index contributed by atoms with van der Waals surface area (Å²) < 4.78 is 0. The van der Waals surface area contributed by atoms with Crippen molar-refractivity contribution in [1.29, 1.82) is 0 Å². The normalized spacial score (nSPS) is 12.5. The first-order valence-corrected chi connectivity index (χ1v) is 7.67. The van der Waals surface area contributed by atoms with Gasteiger partial charge in [-0.15, -0.1) is 0 Å². The fourth-order valence-corrected chi connectivity index (χ4v) is 3.02. The van der Waals surface area contributed by atoms with Gasteiger partial charge in [-0.1, -0.05) is 42.5 Å². The zero-order valence-corrected chi connectivity index (χ0v) is 13.0. The third-order valence-electron chi connectivity index (χ3n) is 4.21. The van der Waals surface area contributed by atoms with E-state index in [2.05, 4.69) is 5.32 Å². The smallest absolute Gasteiger partial charge is 0.196 e. The second-order valence-corrected chi connectivity index (χ2v) is 5.74. The summed E-state index contributed by atoms with van der Waals surface area (Å²) in [6.07, 6.45) is 0. The second-order valence-electron chi connectivity index (χ2n) is 5.74. The number of phenolic OH excluding ortho intramolecular Hbond substituents is 2. The highest BCUT2D eigenvalue weighted by Crippen LogP contribution is 2.43. The maximum absolute atomic E-state index is 12.9. The minimum absolute atomic E-state index is 0.0223. The number of fused-ring (bicyclic) bond motifs is 2. The predicted molar refractivity (Wildman–Crippen MR) is 92.8 cm³/mol. The molecule has 3 aromatic carbocycles. The van der Waals surface area contributed by atoms with Crippen LogP contribution in [0.3, 0.4) is 0 Å². The zero-order valence-electron chi connectivity index (χ0n) is 13.0. The van der Waals surface area contributed by atoms with Crippen LogP contribution in [0.4, 0.5) is 11.4 Å². The van der Waals surface area contributed by atoms with Crippen LogP contribution in [-0.4, -0.2) is 21.8 Å². The maximum Gasteiger partial charge on any atom is 0.196 e. The SMILES string of the molecule is O=C1c2ccccc2C(=O)c2c1cc(O)c(O)c2Nc1ccccc1. The van der Waals surface area contributed by atoms with E-state index in [1.165, 1.54) is 0 Å². The van der Waals surface area contributed by atoms with E-state index in [1.54, 1.807) is 48.5 Å². The summed E-state index contributed by atoms with van der Waals surface area (Å²) in [6, 6.07) is 16.6. The molecule has 0 atom stereocenters. The first-order valence-electron chi connectivity index (χ1n) is 7.67. The number of anilines is 2. The number of rotatable bonds is 2. The molecule has 1 aliphatic carbocycles. The topological polar surface area (TPSA) is 86.6 Å². The molecule has 0 aliphatic heterocycles. The Balaban J connectivity index is 1.96. The molecule has 0 amide bonds. The molecule has 0 radical (unpaired) electrons. The molecule has 3 aromatic rings. The van der Waals surface area contributed by atoms with Crippen LogP contribution < -0.4 is 5.32 Å². The molecule has 0 saturated carbocycles. The van der Waals surface area contributed by atoms with Crippen LogP contribution in [0, 0.1) is 0 Å². The van der Waals surface area contributed by atoms with Crippen LogP contribution in [0.2, 0.25) is 0 Å². The summed E-state index contributed by atoms with van der Waals surface area (Å²) in [5.41, 5.74) is 1.33. The Kier molecular flexibility index (Phi) is 3.28. The highest BCUT2D eigenvalue weighted by Gasteiger charge is 2.34. The summed E-state index contributed by atoms with van der Waals surface area (Å²) in [5.74, 6) is -1.67. The van der Waals surface area contributed by atoms with Crippen molar-refractivity contribution in [1.82, 2.24) is 0 Å². The number of para-hydroxylation sites is 1. The molecule has 0 bridgehead atoms. The average molecular weight is 331 g/mol. The number of carbonyl (C=O) groups is 2. The van der Waals surface area contributed by atoms with E-state index in [4.69, 9.17) is 0 Å². The van der Waals surface area contributed by atoms with Gasteiger partial charge in [0.15, 0.2) is 23.1 Å². The lowest BCUT2D eigenvalue weighted by Crippen LogP contribution is -2.22. The summed E-state index contributed by atoms with van der Waals surface area (Å²) >= 11 is 0. The lowest BCUT2D eigenvalue weighted by Gasteiger charge is -2.22. The number of nitrogens with one attached hydrogen (secondary N) is 1. The molecule has 5 nitrogen and oxygen atoms in total. The molecule has 0 aromatic heterocycles. The van der Waals surface area contributed by atoms with Gasteiger partial charge in [0.1, 0.15) is 0 Å². The Morgan fingerprint density at radius 2 is 1.32 bits per heavy atom. The van der Waals surface area contributed by atoms with E-state index >= 15 is 0 Å². The van der Waals surface area contributed by atoms with E-state index in [9.17, 15) is 19.8 Å². The van der Waals surface area contributed by atoms with E-state index in [0.717, 1.165) is 6.07 Å². The van der Waals surface area contributed by atoms with Crippen LogP contribution in [0.1, 0.15) is 31.8 Å². The first-order chi connectivity index (χ1) is 12.1. The molecule has 25 heavy (non-hydrogen) atoms. The van der Waals surface area contributed by atoms with Crippen molar-refractivity contribution < 1.29 is 19.8 Å². The van der Waals surface area contributed by atoms with Crippen molar-refractivity contribution >= 4 is 22.9 Å². The van der Waals surface area contributed by atoms with Crippen molar-refractivity contribution in [2.75, 3.05) is 5.32 Å². The molecule has 4 rings (SSSR count). The summed E-state index contributed by atoms with van der Waals surface area (Å²) in [4.78, 5) is 25.7. The Morgan fingerprint density at radius 1 is 0.720 bits per heavy atom. The van der Waals surface area contributed by atoms with Crippen LogP contribution in [0.25, 0.3) is 0 Å². The van der Waals surface area contributed by atoms with Crippen LogP contribution >= 0.6 is 0 Å². The largest absolute Gasteiger partial charge is 0.504 e. The molecule has 0 heterocycles. The van der Waals surface area contributed by atoms with E-state index in [1.807, 2.05) is 6.07 Å². The van der Waals surface area contributed by atoms with Crippen LogP contribution in [-0.2, 0) is 0 Å². The minimum atomic E-state index is -0.469. The molecule has 5 heteroatoms. The third-order valence-corrected chi connectivity index (χ3v) is 4.21. The second kappa shape index (κ2) is 5.49. The van der Waals surface area contributed by atoms with Gasteiger partial charge in [0.05, 0.1) is 11.3 Å². The minimum Gasteiger partial charge on any atom is -0.504 e. The standard InChI is InChI=1S/C20H13NO4/c22-15-10-14-16(17(20(15)25)21-11-6-2-1-3-7-11)19(24)13-9-5-4-8-12(13)18(14)23/h1-10,21-22,25H. The Hall–Kier alpha value is -3.60. The number of aromatic hydroxyl groups is 2. The van der Waals surface area contributed by atoms with Crippen molar-refractivity contribution in [3.05, 3.63) is 82.9 Å². The summed E-state index contributed by atoms with van der Waals surface area (Å²) in [7, 11) is 0. The van der Waals surface area contributed by atoms with Crippen molar-refractivity contribution in [3.63, 3.8) is 0 Å². The monoisotopic (exact) mass is 331 g/mol. The lowest BCUT2D eigenvalue weighted by atomic mass is 9.82. The van der Waals surface area contributed by atoms with Gasteiger partial charge in [0.25, 0.3) is 0 Å². The first kappa shape index (κ1) is 15.0. The van der Waals surface area contributed by atoms with Gasteiger partial charge in [-0.3, -0.25) is 9.59 Å². The Labute approximate surface area is 143 Å². The number of carbonyl (C=O) groups excluding carboxylic acids is 2. The lowest BCUT2D eigenvalue weighted by molar-refractivity contribution is 0.0979. The average Bonchev–Trinajstić information content (AvgIpc) is 2.64. The van der Waals surface area contributed by atoms with Gasteiger partial charge in [-0.2, -0.15) is 0 Å². The summed E-state index contributed by atoms with van der Waals surface area (Å²) in [6.45, 7) is 0. The third kappa shape index (κ3) is 2.25. The number of hydrogen-bond acceptors (Lipinski definition) is 5. The fraction of sp³-hybridized carbons (Fsp3) is 0. The number of benzene rings is 3.